The van der Waals surface area contributed by atoms with E-state index in [0.29, 0.717) is 23.5 Å². The highest BCUT2D eigenvalue weighted by atomic mass is 19.4. The Labute approximate surface area is 159 Å². The number of fused-ring (bicyclic) bond motifs is 2. The van der Waals surface area contributed by atoms with Crippen molar-refractivity contribution in [2.24, 2.45) is 7.05 Å². The molecule has 5 nitrogen and oxygen atoms in total. The maximum Gasteiger partial charge on any atom is 0.416 e. The normalized spacial score (nSPS) is 16.8. The van der Waals surface area contributed by atoms with E-state index in [-0.39, 0.29) is 11.2 Å². The first kappa shape index (κ1) is 18.5. The summed E-state index contributed by atoms with van der Waals surface area (Å²) in [4.78, 5) is 16.8. The number of alkyl halides is 3. The second-order valence-electron chi connectivity index (χ2n) is 7.14. The lowest BCUT2D eigenvalue weighted by Gasteiger charge is -2.23. The van der Waals surface area contributed by atoms with Gasteiger partial charge in [0.25, 0.3) is 5.91 Å². The zero-order valence-corrected chi connectivity index (χ0v) is 15.4. The lowest BCUT2D eigenvalue weighted by Crippen LogP contribution is -2.27. The number of hydrogen-bond donors (Lipinski definition) is 2. The monoisotopic (exact) mass is 388 g/mol. The number of nitrogens with zero attached hydrogens (tertiary/aromatic N) is 2. The second-order valence-corrected chi connectivity index (χ2v) is 7.14. The fraction of sp³-hybridized carbons (Fsp3) is 0.300. The summed E-state index contributed by atoms with van der Waals surface area (Å²) in [5.74, 6) is -0.110. The van der Waals surface area contributed by atoms with Gasteiger partial charge in [0.1, 0.15) is 0 Å². The number of nitrogens with one attached hydrogen (secondary N) is 2. The maximum absolute atomic E-state index is 13.2. The quantitative estimate of drug-likeness (QED) is 0.696. The molecule has 0 saturated heterocycles. The molecular weight excluding hydrogens is 369 g/mol. The van der Waals surface area contributed by atoms with E-state index in [1.807, 2.05) is 6.07 Å². The third kappa shape index (κ3) is 3.24. The molecule has 2 aromatic carbocycles. The van der Waals surface area contributed by atoms with E-state index in [1.165, 1.54) is 11.9 Å². The van der Waals surface area contributed by atoms with E-state index in [1.54, 1.807) is 23.7 Å². The molecule has 0 aliphatic carbocycles. The van der Waals surface area contributed by atoms with Crippen LogP contribution in [0.25, 0.3) is 11.0 Å². The van der Waals surface area contributed by atoms with Crippen LogP contribution >= 0.6 is 0 Å². The summed E-state index contributed by atoms with van der Waals surface area (Å²) in [6, 6.07) is 7.36. The zero-order chi connectivity index (χ0) is 20.1. The van der Waals surface area contributed by atoms with Crippen LogP contribution in [0.2, 0.25) is 0 Å². The Morgan fingerprint density at radius 2 is 2.07 bits per heavy atom. The number of benzene rings is 2. The average Bonchev–Trinajstić information content (AvgIpc) is 3.02. The van der Waals surface area contributed by atoms with Gasteiger partial charge >= 0.3 is 6.18 Å². The number of hydrogen-bond acceptors (Lipinski definition) is 3. The van der Waals surface area contributed by atoms with Crippen LogP contribution in [-0.2, 0) is 19.8 Å². The summed E-state index contributed by atoms with van der Waals surface area (Å²) in [6.07, 6.45) is -3.11. The van der Waals surface area contributed by atoms with Crippen LogP contribution < -0.4 is 10.6 Å². The molecule has 2 heterocycles. The first-order chi connectivity index (χ1) is 13.2. The van der Waals surface area contributed by atoms with E-state index < -0.39 is 17.6 Å². The number of imidazole rings is 1. The molecule has 1 amide bonds. The largest absolute Gasteiger partial charge is 0.416 e. The molecule has 1 unspecified atom stereocenters. The molecule has 1 aliphatic rings. The fourth-order valence-electron chi connectivity index (χ4n) is 3.66. The molecule has 2 N–H and O–H groups in total. The molecule has 1 aliphatic heterocycles. The van der Waals surface area contributed by atoms with Crippen molar-refractivity contribution in [3.63, 3.8) is 0 Å². The summed E-state index contributed by atoms with van der Waals surface area (Å²) >= 11 is 0. The molecule has 0 saturated carbocycles. The molecule has 1 aromatic heterocycles. The van der Waals surface area contributed by atoms with Gasteiger partial charge in [0, 0.05) is 25.7 Å². The van der Waals surface area contributed by atoms with E-state index >= 15 is 0 Å². The van der Waals surface area contributed by atoms with Gasteiger partial charge in [0.05, 0.1) is 28.6 Å². The van der Waals surface area contributed by atoms with Crippen molar-refractivity contribution in [1.29, 1.82) is 0 Å². The van der Waals surface area contributed by atoms with Gasteiger partial charge in [-0.05, 0) is 41.3 Å². The van der Waals surface area contributed by atoms with Gasteiger partial charge in [-0.25, -0.2) is 4.98 Å². The van der Waals surface area contributed by atoms with Gasteiger partial charge in [0.2, 0.25) is 0 Å². The minimum Gasteiger partial charge on any atom is -0.332 e. The van der Waals surface area contributed by atoms with Crippen LogP contribution in [0.5, 0.6) is 0 Å². The van der Waals surface area contributed by atoms with Crippen LogP contribution in [0.3, 0.4) is 0 Å². The van der Waals surface area contributed by atoms with Crippen molar-refractivity contribution in [3.05, 3.63) is 58.9 Å². The summed E-state index contributed by atoms with van der Waals surface area (Å²) < 4.78 is 41.3. The number of anilines is 1. The molecule has 4 rings (SSSR count). The highest BCUT2D eigenvalue weighted by Crippen LogP contribution is 2.35. The first-order valence-electron chi connectivity index (χ1n) is 8.91. The lowest BCUT2D eigenvalue weighted by molar-refractivity contribution is -0.137. The van der Waals surface area contributed by atoms with Crippen molar-refractivity contribution in [2.75, 3.05) is 11.9 Å². The Hall–Kier alpha value is -2.87. The molecule has 8 heteroatoms. The third-order valence-corrected chi connectivity index (χ3v) is 5.09. The number of carbonyl (C=O) groups excluding carboxylic acids is 1. The summed E-state index contributed by atoms with van der Waals surface area (Å²) in [6.45, 7) is 3.64. The molecule has 28 heavy (non-hydrogen) atoms. The predicted molar refractivity (Wildman–Crippen MR) is 100 cm³/mol. The van der Waals surface area contributed by atoms with Crippen LogP contribution in [-0.4, -0.2) is 22.0 Å². The van der Waals surface area contributed by atoms with Crippen LogP contribution in [0.4, 0.5) is 18.9 Å². The highest BCUT2D eigenvalue weighted by molar-refractivity contribution is 6.08. The molecule has 146 valence electrons. The van der Waals surface area contributed by atoms with Crippen molar-refractivity contribution >= 4 is 22.6 Å². The molecule has 0 fully saturated rings. The van der Waals surface area contributed by atoms with Crippen LogP contribution in [0, 0.1) is 0 Å². The van der Waals surface area contributed by atoms with Crippen LogP contribution in [0.1, 0.15) is 39.9 Å². The molecule has 1 atom stereocenters. The number of carbonyl (C=O) groups is 1. The predicted octanol–water partition coefficient (Wildman–Crippen LogP) is 4.05. The first-order valence-corrected chi connectivity index (χ1v) is 8.91. The summed E-state index contributed by atoms with van der Waals surface area (Å²) in [7, 11) is 1.67. The Bertz CT molecular complexity index is 1070. The van der Waals surface area contributed by atoms with Crippen molar-refractivity contribution in [3.8, 4) is 0 Å². The minimum absolute atomic E-state index is 0.0824. The van der Waals surface area contributed by atoms with E-state index in [0.717, 1.165) is 24.2 Å². The Kier molecular flexibility index (Phi) is 4.38. The van der Waals surface area contributed by atoms with Crippen molar-refractivity contribution in [1.82, 2.24) is 14.9 Å². The molecule has 0 bridgehead atoms. The molecule has 0 spiro atoms. The third-order valence-electron chi connectivity index (χ3n) is 5.09. The maximum atomic E-state index is 13.2. The number of aromatic nitrogens is 2. The molecule has 0 radical (unpaired) electrons. The topological polar surface area (TPSA) is 59.0 Å². The van der Waals surface area contributed by atoms with Crippen molar-refractivity contribution in [2.45, 2.75) is 25.6 Å². The van der Waals surface area contributed by atoms with Gasteiger partial charge in [0.15, 0.2) is 0 Å². The standard InChI is InChI=1S/C20H19F3N4O/c1-11-8-24-9-13-5-12(3-4-15(11)13)19(28)26-17-7-14(20(21,22)23)6-16-18(17)27(2)10-25-16/h3-7,10-11,24H,8-9H2,1-2H3,(H,26,28). The number of aryl methyl sites for hydroxylation is 1. The lowest BCUT2D eigenvalue weighted by atomic mass is 9.91. The van der Waals surface area contributed by atoms with E-state index in [4.69, 9.17) is 0 Å². The smallest absolute Gasteiger partial charge is 0.332 e. The number of amides is 1. The Balaban J connectivity index is 1.72. The summed E-state index contributed by atoms with van der Waals surface area (Å²) in [5, 5.41) is 5.93. The molecular formula is C20H19F3N4O. The van der Waals surface area contributed by atoms with Crippen molar-refractivity contribution < 1.29 is 18.0 Å². The summed E-state index contributed by atoms with van der Waals surface area (Å²) in [5.41, 5.74) is 2.47. The average molecular weight is 388 g/mol. The van der Waals surface area contributed by atoms with Gasteiger partial charge in [-0.15, -0.1) is 0 Å². The number of rotatable bonds is 2. The second kappa shape index (κ2) is 6.63. The van der Waals surface area contributed by atoms with Crippen LogP contribution in [0.15, 0.2) is 36.7 Å². The molecule has 3 aromatic rings. The number of halogens is 3. The van der Waals surface area contributed by atoms with Gasteiger partial charge in [-0.3, -0.25) is 4.79 Å². The Morgan fingerprint density at radius 3 is 2.82 bits per heavy atom. The minimum atomic E-state index is -4.53. The SMILES string of the molecule is CC1CNCc2cc(C(=O)Nc3cc(C(F)(F)F)cc4ncn(C)c34)ccc21. The van der Waals surface area contributed by atoms with Gasteiger partial charge in [-0.2, -0.15) is 13.2 Å². The Morgan fingerprint density at radius 1 is 1.29 bits per heavy atom. The van der Waals surface area contributed by atoms with E-state index in [2.05, 4.69) is 22.5 Å². The highest BCUT2D eigenvalue weighted by Gasteiger charge is 2.32. The fourth-order valence-corrected chi connectivity index (χ4v) is 3.66. The zero-order valence-electron chi connectivity index (χ0n) is 15.4. The van der Waals surface area contributed by atoms with Gasteiger partial charge < -0.3 is 15.2 Å². The van der Waals surface area contributed by atoms with Gasteiger partial charge in [-0.1, -0.05) is 13.0 Å². The van der Waals surface area contributed by atoms with E-state index in [9.17, 15) is 18.0 Å².